The minimum absolute atomic E-state index is 0.0497. The zero-order valence-electron chi connectivity index (χ0n) is 47.1. The second-order valence-electron chi connectivity index (χ2n) is 20.9. The van der Waals surface area contributed by atoms with Gasteiger partial charge in [0.05, 0.1) is 45.2 Å². The topological polar surface area (TPSA) is 165 Å². The molecular formula is C63H97NO12S. The highest BCUT2D eigenvalue weighted by Gasteiger charge is 2.52. The van der Waals surface area contributed by atoms with Gasteiger partial charge < -0.3 is 33.7 Å². The number of ether oxygens (including phenoxy) is 6. The number of esters is 1. The van der Waals surface area contributed by atoms with Crippen molar-refractivity contribution in [2.45, 2.75) is 250 Å². The molecule has 1 amide bonds. The number of carbonyl (C=O) groups excluding carboxylic acids is 2. The highest BCUT2D eigenvalue weighted by atomic mass is 32.3. The molecule has 0 spiro atoms. The smallest absolute Gasteiger partial charge is 0.397 e. The van der Waals surface area contributed by atoms with Gasteiger partial charge in [-0.2, -0.15) is 8.42 Å². The minimum atomic E-state index is -5.17. The quantitative estimate of drug-likeness (QED) is 0.0238. The van der Waals surface area contributed by atoms with Crippen molar-refractivity contribution in [1.29, 1.82) is 0 Å². The van der Waals surface area contributed by atoms with Crippen molar-refractivity contribution in [2.24, 2.45) is 0 Å². The highest BCUT2D eigenvalue weighted by Crippen LogP contribution is 2.32. The molecule has 0 saturated carbocycles. The molecule has 3 aromatic rings. The Balaban J connectivity index is 1.56. The van der Waals surface area contributed by atoms with Gasteiger partial charge in [0.1, 0.15) is 18.3 Å². The summed E-state index contributed by atoms with van der Waals surface area (Å²) in [5.41, 5.74) is 2.56. The van der Waals surface area contributed by atoms with Crippen LogP contribution < -0.4 is 5.32 Å². The second-order valence-corrected chi connectivity index (χ2v) is 21.9. The van der Waals surface area contributed by atoms with E-state index in [0.29, 0.717) is 6.42 Å². The summed E-state index contributed by atoms with van der Waals surface area (Å²) in [7, 11) is -5.17. The Kier molecular flexibility index (Phi) is 35.0. The zero-order valence-corrected chi connectivity index (χ0v) is 47.9. The van der Waals surface area contributed by atoms with Crippen LogP contribution in [0, 0.1) is 0 Å². The molecule has 0 aliphatic carbocycles. The maximum absolute atomic E-state index is 14.1. The van der Waals surface area contributed by atoms with Crippen LogP contribution in [0.5, 0.6) is 0 Å². The fourth-order valence-electron chi connectivity index (χ4n) is 9.77. The van der Waals surface area contributed by atoms with Gasteiger partial charge in [-0.15, -0.1) is 0 Å². The standard InChI is InChI=1S/C63H97NO12S/c1-4-6-8-10-12-14-16-18-20-22-24-26-37-45-57(71-48-54-41-33-29-34-42-54)56(64-59(66)46-38-27-25-23-21-19-17-15-13-11-9-7-5-2)50-73-63-62(72-49-55-43-35-30-36-44-55)61(76-77(67,68)69)60(74-52(3)65)58(75-63)51-70-47-53-39-31-28-32-40-53/h28-37,39-45,56-58,60-63H,4-27,38,46-51H2,1-3H3,(H,64,66)(H,67,68,69)/b45-37+/t56-,57+,58-,60+,61-,62-,63+/m0/s1. The SMILES string of the molecule is CCCCCCCCCCCCC/C=C/[C@@H](OCc1ccccc1)[C@H](CO[C@@H]1O[C@@H](COCc2ccccc2)[C@@H](OC(C)=O)[C@H](OS(=O)(=O)O)[C@@H]1OCc1ccccc1)NC(=O)CCCCCCCCCCCCCCC. The van der Waals surface area contributed by atoms with E-state index in [-0.39, 0.29) is 38.9 Å². The molecule has 7 atom stereocenters. The summed E-state index contributed by atoms with van der Waals surface area (Å²) in [5, 5.41) is 3.26. The normalized spacial score (nSPS) is 18.6. The molecule has 1 fully saturated rings. The van der Waals surface area contributed by atoms with Crippen LogP contribution >= 0.6 is 0 Å². The van der Waals surface area contributed by atoms with Crippen molar-refractivity contribution in [3.63, 3.8) is 0 Å². The van der Waals surface area contributed by atoms with E-state index in [0.717, 1.165) is 61.6 Å². The van der Waals surface area contributed by atoms with Gasteiger partial charge in [0.25, 0.3) is 0 Å². The van der Waals surface area contributed by atoms with Gasteiger partial charge >= 0.3 is 16.4 Å². The molecule has 432 valence electrons. The zero-order chi connectivity index (χ0) is 55.0. The molecule has 77 heavy (non-hydrogen) atoms. The Hall–Kier alpha value is -3.99. The number of allylic oxidation sites excluding steroid dienone is 1. The van der Waals surface area contributed by atoms with Crippen LogP contribution in [0.3, 0.4) is 0 Å². The van der Waals surface area contributed by atoms with E-state index in [9.17, 15) is 22.6 Å². The summed E-state index contributed by atoms with van der Waals surface area (Å²) in [6, 6.07) is 27.7. The van der Waals surface area contributed by atoms with Crippen LogP contribution in [-0.2, 0) is 72.4 Å². The third-order valence-electron chi connectivity index (χ3n) is 14.1. The lowest BCUT2D eigenvalue weighted by molar-refractivity contribution is -0.313. The summed E-state index contributed by atoms with van der Waals surface area (Å²) in [6.07, 6.45) is 26.9. The van der Waals surface area contributed by atoms with Gasteiger partial charge in [-0.25, -0.2) is 4.18 Å². The maximum atomic E-state index is 14.1. The Bertz CT molecular complexity index is 2080. The molecule has 2 N–H and O–H groups in total. The number of benzene rings is 3. The molecule has 4 rings (SSSR count). The highest BCUT2D eigenvalue weighted by molar-refractivity contribution is 7.80. The van der Waals surface area contributed by atoms with E-state index in [1.54, 1.807) is 0 Å². The van der Waals surface area contributed by atoms with E-state index >= 15 is 0 Å². The van der Waals surface area contributed by atoms with Crippen molar-refractivity contribution in [3.05, 3.63) is 120 Å². The van der Waals surface area contributed by atoms with Crippen LogP contribution in [-0.4, -0.2) is 80.9 Å². The molecule has 0 aromatic heterocycles. The lowest BCUT2D eigenvalue weighted by Crippen LogP contribution is -2.63. The van der Waals surface area contributed by atoms with Crippen LogP contribution in [0.1, 0.15) is 204 Å². The first-order chi connectivity index (χ1) is 37.6. The third-order valence-corrected chi connectivity index (χ3v) is 14.5. The van der Waals surface area contributed by atoms with Crippen LogP contribution in [0.2, 0.25) is 0 Å². The summed E-state index contributed by atoms with van der Waals surface area (Å²) < 4.78 is 79.2. The molecule has 0 unspecified atom stereocenters. The number of rotatable bonds is 45. The Morgan fingerprint density at radius 1 is 0.597 bits per heavy atom. The van der Waals surface area contributed by atoms with E-state index in [2.05, 4.69) is 25.2 Å². The van der Waals surface area contributed by atoms with E-state index in [1.165, 1.54) is 122 Å². The minimum Gasteiger partial charge on any atom is -0.457 e. The Morgan fingerprint density at radius 2 is 1.06 bits per heavy atom. The monoisotopic (exact) mass is 1090 g/mol. The van der Waals surface area contributed by atoms with Gasteiger partial charge in [0.2, 0.25) is 5.91 Å². The van der Waals surface area contributed by atoms with Gasteiger partial charge in [0.15, 0.2) is 12.4 Å². The number of carbonyl (C=O) groups is 2. The molecule has 1 aliphatic heterocycles. The molecule has 13 nitrogen and oxygen atoms in total. The second kappa shape index (κ2) is 41.1. The number of hydrogen-bond donors (Lipinski definition) is 2. The predicted molar refractivity (Wildman–Crippen MR) is 305 cm³/mol. The molecular weight excluding hydrogens is 995 g/mol. The Morgan fingerprint density at radius 3 is 1.56 bits per heavy atom. The molecule has 14 heteroatoms. The lowest BCUT2D eigenvalue weighted by Gasteiger charge is -2.44. The summed E-state index contributed by atoms with van der Waals surface area (Å²) in [6.45, 7) is 5.70. The summed E-state index contributed by atoms with van der Waals surface area (Å²) >= 11 is 0. The van der Waals surface area contributed by atoms with Gasteiger partial charge in [-0.1, -0.05) is 258 Å². The first kappa shape index (κ1) is 65.5. The Labute approximate surface area is 464 Å². The largest absolute Gasteiger partial charge is 0.457 e. The van der Waals surface area contributed by atoms with Crippen LogP contribution in [0.25, 0.3) is 0 Å². The average Bonchev–Trinajstić information content (AvgIpc) is 3.42. The van der Waals surface area contributed by atoms with Crippen molar-refractivity contribution in [2.75, 3.05) is 13.2 Å². The number of nitrogens with one attached hydrogen (secondary N) is 1. The number of hydrogen-bond acceptors (Lipinski definition) is 11. The average molecular weight is 1090 g/mol. The van der Waals surface area contributed by atoms with Crippen molar-refractivity contribution in [1.82, 2.24) is 5.32 Å². The van der Waals surface area contributed by atoms with E-state index < -0.39 is 59.2 Å². The van der Waals surface area contributed by atoms with E-state index in [4.69, 9.17) is 32.6 Å². The third kappa shape index (κ3) is 30.3. The van der Waals surface area contributed by atoms with E-state index in [1.807, 2.05) is 97.1 Å². The number of amides is 1. The van der Waals surface area contributed by atoms with Gasteiger partial charge in [-0.3, -0.25) is 14.1 Å². The predicted octanol–water partition coefficient (Wildman–Crippen LogP) is 14.5. The molecule has 0 radical (unpaired) electrons. The molecule has 1 saturated heterocycles. The van der Waals surface area contributed by atoms with Gasteiger partial charge in [-0.05, 0) is 36.0 Å². The van der Waals surface area contributed by atoms with Crippen molar-refractivity contribution in [3.8, 4) is 0 Å². The molecule has 1 heterocycles. The summed E-state index contributed by atoms with van der Waals surface area (Å²) in [4.78, 5) is 26.8. The maximum Gasteiger partial charge on any atom is 0.397 e. The molecule has 0 bridgehead atoms. The fraction of sp³-hybridized carbons (Fsp3) is 0.651. The van der Waals surface area contributed by atoms with Gasteiger partial charge in [0, 0.05) is 13.3 Å². The lowest BCUT2D eigenvalue weighted by atomic mass is 9.98. The molecule has 3 aromatic carbocycles. The first-order valence-electron chi connectivity index (χ1n) is 29.5. The van der Waals surface area contributed by atoms with Crippen molar-refractivity contribution < 1.29 is 55.2 Å². The van der Waals surface area contributed by atoms with Crippen molar-refractivity contribution >= 4 is 22.3 Å². The molecule has 1 aliphatic rings. The number of unbranched alkanes of at least 4 members (excludes halogenated alkanes) is 23. The fourth-order valence-corrected chi connectivity index (χ4v) is 10.3. The van der Waals surface area contributed by atoms with Crippen LogP contribution in [0.15, 0.2) is 103 Å². The van der Waals surface area contributed by atoms with Crippen LogP contribution in [0.4, 0.5) is 0 Å². The first-order valence-corrected chi connectivity index (χ1v) is 30.9. The summed E-state index contributed by atoms with van der Waals surface area (Å²) in [5.74, 6) is -0.897.